The van der Waals surface area contributed by atoms with Crippen LogP contribution in [0.3, 0.4) is 0 Å². The first-order valence-electron chi connectivity index (χ1n) is 5.58. The SMILES string of the molecule is CCCCOc1cccc(C(=O)OC)c1.O=CO. The number of methoxy groups -OCH3 is 1. The van der Waals surface area contributed by atoms with Crippen LogP contribution in [-0.2, 0) is 9.53 Å². The summed E-state index contributed by atoms with van der Waals surface area (Å²) < 4.78 is 10.1. The highest BCUT2D eigenvalue weighted by Gasteiger charge is 2.05. The lowest BCUT2D eigenvalue weighted by atomic mass is 10.2. The molecular formula is C13H18O5. The van der Waals surface area contributed by atoms with E-state index in [1.54, 1.807) is 18.2 Å². The number of hydrogen-bond donors (Lipinski definition) is 1. The molecule has 0 spiro atoms. The second-order valence-corrected chi connectivity index (χ2v) is 3.33. The van der Waals surface area contributed by atoms with E-state index in [2.05, 4.69) is 11.7 Å². The lowest BCUT2D eigenvalue weighted by molar-refractivity contribution is -0.122. The Kier molecular flexibility index (Phi) is 8.99. The summed E-state index contributed by atoms with van der Waals surface area (Å²) in [7, 11) is 1.37. The van der Waals surface area contributed by atoms with Crippen molar-refractivity contribution in [2.75, 3.05) is 13.7 Å². The Hall–Kier alpha value is -2.04. The standard InChI is InChI=1S/C12H16O3.CH2O2/c1-3-4-8-15-11-7-5-6-10(9-11)12(13)14-2;2-1-3/h5-7,9H,3-4,8H2,1-2H3;1H,(H,2,3). The van der Waals surface area contributed by atoms with E-state index in [1.165, 1.54) is 7.11 Å². The second kappa shape index (κ2) is 10.1. The molecule has 0 aliphatic heterocycles. The van der Waals surface area contributed by atoms with E-state index >= 15 is 0 Å². The summed E-state index contributed by atoms with van der Waals surface area (Å²) in [6.07, 6.45) is 2.11. The molecule has 5 nitrogen and oxygen atoms in total. The van der Waals surface area contributed by atoms with Crippen LogP contribution < -0.4 is 4.74 Å². The van der Waals surface area contributed by atoms with Gasteiger partial charge in [-0.05, 0) is 24.6 Å². The topological polar surface area (TPSA) is 72.8 Å². The highest BCUT2D eigenvalue weighted by atomic mass is 16.5. The van der Waals surface area contributed by atoms with Gasteiger partial charge in [-0.15, -0.1) is 0 Å². The fraction of sp³-hybridized carbons (Fsp3) is 0.385. The Balaban J connectivity index is 0.000000873. The fourth-order valence-corrected chi connectivity index (χ4v) is 1.17. The molecule has 1 rings (SSSR count). The molecule has 5 heteroatoms. The van der Waals surface area contributed by atoms with Crippen LogP contribution in [0.2, 0.25) is 0 Å². The summed E-state index contributed by atoms with van der Waals surface area (Å²) in [5.41, 5.74) is 0.520. The van der Waals surface area contributed by atoms with E-state index in [-0.39, 0.29) is 12.4 Å². The summed E-state index contributed by atoms with van der Waals surface area (Å²) in [5, 5.41) is 6.89. The van der Waals surface area contributed by atoms with E-state index in [0.717, 1.165) is 12.8 Å². The average Bonchev–Trinajstić information content (AvgIpc) is 2.39. The van der Waals surface area contributed by atoms with Gasteiger partial charge in [-0.3, -0.25) is 4.79 Å². The minimum atomic E-state index is -0.337. The molecule has 0 atom stereocenters. The van der Waals surface area contributed by atoms with Gasteiger partial charge in [0.15, 0.2) is 0 Å². The van der Waals surface area contributed by atoms with E-state index in [4.69, 9.17) is 14.6 Å². The van der Waals surface area contributed by atoms with E-state index in [9.17, 15) is 4.79 Å². The molecule has 0 aromatic heterocycles. The molecule has 0 amide bonds. The van der Waals surface area contributed by atoms with Gasteiger partial charge >= 0.3 is 5.97 Å². The van der Waals surface area contributed by atoms with Gasteiger partial charge in [-0.1, -0.05) is 19.4 Å². The predicted octanol–water partition coefficient (Wildman–Crippen LogP) is 2.35. The van der Waals surface area contributed by atoms with Crippen LogP contribution in [-0.4, -0.2) is 31.3 Å². The van der Waals surface area contributed by atoms with Gasteiger partial charge in [0.25, 0.3) is 6.47 Å². The van der Waals surface area contributed by atoms with Gasteiger partial charge in [0.1, 0.15) is 5.75 Å². The Bertz CT molecular complexity index is 362. The highest BCUT2D eigenvalue weighted by molar-refractivity contribution is 5.89. The smallest absolute Gasteiger partial charge is 0.337 e. The van der Waals surface area contributed by atoms with Crippen molar-refractivity contribution in [2.45, 2.75) is 19.8 Å². The molecule has 0 saturated heterocycles. The molecule has 0 aliphatic carbocycles. The van der Waals surface area contributed by atoms with Crippen LogP contribution in [0, 0.1) is 0 Å². The monoisotopic (exact) mass is 254 g/mol. The van der Waals surface area contributed by atoms with Gasteiger partial charge in [-0.25, -0.2) is 4.79 Å². The minimum Gasteiger partial charge on any atom is -0.494 e. The first-order valence-corrected chi connectivity index (χ1v) is 5.58. The van der Waals surface area contributed by atoms with Gasteiger partial charge in [0, 0.05) is 0 Å². The van der Waals surface area contributed by atoms with Crippen molar-refractivity contribution in [3.8, 4) is 5.75 Å². The number of carbonyl (C=O) groups excluding carboxylic acids is 1. The molecular weight excluding hydrogens is 236 g/mol. The van der Waals surface area contributed by atoms with Crippen LogP contribution in [0.5, 0.6) is 5.75 Å². The minimum absolute atomic E-state index is 0.250. The molecule has 0 radical (unpaired) electrons. The maximum atomic E-state index is 11.2. The van der Waals surface area contributed by atoms with Gasteiger partial charge < -0.3 is 14.6 Å². The Labute approximate surface area is 106 Å². The molecule has 1 aromatic carbocycles. The van der Waals surface area contributed by atoms with Crippen molar-refractivity contribution in [2.24, 2.45) is 0 Å². The molecule has 100 valence electrons. The van der Waals surface area contributed by atoms with E-state index in [0.29, 0.717) is 17.9 Å². The number of ether oxygens (including phenoxy) is 2. The summed E-state index contributed by atoms with van der Waals surface area (Å²) in [6, 6.07) is 7.02. The number of carboxylic acid groups (broad SMARTS) is 1. The predicted molar refractivity (Wildman–Crippen MR) is 66.9 cm³/mol. The molecule has 1 N–H and O–H groups in total. The Morgan fingerprint density at radius 3 is 2.67 bits per heavy atom. The zero-order valence-corrected chi connectivity index (χ0v) is 10.6. The van der Waals surface area contributed by atoms with Crippen molar-refractivity contribution >= 4 is 12.4 Å². The zero-order valence-electron chi connectivity index (χ0n) is 10.6. The number of hydrogen-bond acceptors (Lipinski definition) is 4. The number of benzene rings is 1. The van der Waals surface area contributed by atoms with Crippen LogP contribution in [0.4, 0.5) is 0 Å². The third-order valence-electron chi connectivity index (χ3n) is 2.02. The maximum Gasteiger partial charge on any atom is 0.337 e. The number of carbonyl (C=O) groups is 2. The van der Waals surface area contributed by atoms with Crippen molar-refractivity contribution in [3.63, 3.8) is 0 Å². The van der Waals surface area contributed by atoms with E-state index in [1.807, 2.05) is 6.07 Å². The number of unbranched alkanes of at least 4 members (excludes halogenated alkanes) is 1. The third-order valence-corrected chi connectivity index (χ3v) is 2.02. The average molecular weight is 254 g/mol. The Morgan fingerprint density at radius 1 is 1.44 bits per heavy atom. The lowest BCUT2D eigenvalue weighted by Gasteiger charge is -2.06. The summed E-state index contributed by atoms with van der Waals surface area (Å²) in [6.45, 7) is 2.54. The molecule has 0 heterocycles. The Morgan fingerprint density at radius 2 is 2.11 bits per heavy atom. The maximum absolute atomic E-state index is 11.2. The molecule has 0 unspecified atom stereocenters. The van der Waals surface area contributed by atoms with Crippen LogP contribution in [0.1, 0.15) is 30.1 Å². The van der Waals surface area contributed by atoms with E-state index < -0.39 is 0 Å². The normalized spacial score (nSPS) is 8.78. The van der Waals surface area contributed by atoms with Gasteiger partial charge in [0.2, 0.25) is 0 Å². The van der Waals surface area contributed by atoms with Crippen LogP contribution >= 0.6 is 0 Å². The first kappa shape index (κ1) is 16.0. The van der Waals surface area contributed by atoms with Crippen molar-refractivity contribution in [1.82, 2.24) is 0 Å². The van der Waals surface area contributed by atoms with Crippen molar-refractivity contribution < 1.29 is 24.2 Å². The highest BCUT2D eigenvalue weighted by Crippen LogP contribution is 2.14. The van der Waals surface area contributed by atoms with Crippen molar-refractivity contribution in [3.05, 3.63) is 29.8 Å². The number of esters is 1. The van der Waals surface area contributed by atoms with Crippen molar-refractivity contribution in [1.29, 1.82) is 0 Å². The zero-order chi connectivity index (χ0) is 13.8. The summed E-state index contributed by atoms with van der Waals surface area (Å²) in [4.78, 5) is 19.6. The molecule has 0 aliphatic rings. The summed E-state index contributed by atoms with van der Waals surface area (Å²) >= 11 is 0. The number of rotatable bonds is 5. The fourth-order valence-electron chi connectivity index (χ4n) is 1.17. The molecule has 1 aromatic rings. The largest absolute Gasteiger partial charge is 0.494 e. The van der Waals surface area contributed by atoms with Gasteiger partial charge in [0.05, 0.1) is 19.3 Å². The van der Waals surface area contributed by atoms with Crippen LogP contribution in [0.25, 0.3) is 0 Å². The third kappa shape index (κ3) is 6.52. The van der Waals surface area contributed by atoms with Gasteiger partial charge in [-0.2, -0.15) is 0 Å². The molecule has 18 heavy (non-hydrogen) atoms. The lowest BCUT2D eigenvalue weighted by Crippen LogP contribution is -2.02. The quantitative estimate of drug-likeness (QED) is 0.496. The summed E-state index contributed by atoms with van der Waals surface area (Å²) in [5.74, 6) is 0.377. The molecule has 0 bridgehead atoms. The first-order chi connectivity index (χ1) is 8.69. The van der Waals surface area contributed by atoms with Crippen LogP contribution in [0.15, 0.2) is 24.3 Å². The second-order valence-electron chi connectivity index (χ2n) is 3.33. The molecule has 0 fully saturated rings. The molecule has 0 saturated carbocycles.